The number of methoxy groups -OCH3 is 3. The first kappa shape index (κ1) is 20.0. The lowest BCUT2D eigenvalue weighted by Crippen LogP contribution is -2.24. The van der Waals surface area contributed by atoms with Crippen molar-refractivity contribution < 1.29 is 23.8 Å². The van der Waals surface area contributed by atoms with E-state index in [2.05, 4.69) is 15.3 Å². The van der Waals surface area contributed by atoms with Crippen molar-refractivity contribution in [2.75, 3.05) is 26.6 Å². The van der Waals surface area contributed by atoms with Gasteiger partial charge in [0, 0.05) is 23.4 Å². The van der Waals surface area contributed by atoms with Crippen molar-refractivity contribution in [2.24, 2.45) is 0 Å². The molecule has 144 valence electrons. The maximum Gasteiger partial charge on any atom is 0.340 e. The summed E-state index contributed by atoms with van der Waals surface area (Å²) in [5, 5.41) is 2.61. The van der Waals surface area contributed by atoms with Crippen molar-refractivity contribution >= 4 is 17.6 Å². The number of amides is 1. The molecule has 0 saturated carbocycles. The van der Waals surface area contributed by atoms with Crippen molar-refractivity contribution in [3.8, 4) is 11.5 Å². The van der Waals surface area contributed by atoms with Crippen LogP contribution in [-0.2, 0) is 16.0 Å². The van der Waals surface area contributed by atoms with E-state index in [1.54, 1.807) is 13.8 Å². The summed E-state index contributed by atoms with van der Waals surface area (Å²) in [6.07, 6.45) is -0.205. The fourth-order valence-electron chi connectivity index (χ4n) is 2.58. The lowest BCUT2D eigenvalue weighted by molar-refractivity contribution is -0.115. The number of H-pyrrole nitrogens is 1. The Hall–Kier alpha value is -3.36. The Morgan fingerprint density at radius 3 is 2.30 bits per heavy atom. The van der Waals surface area contributed by atoms with E-state index in [1.165, 1.54) is 33.5 Å². The number of aromatic amines is 1. The zero-order valence-corrected chi connectivity index (χ0v) is 15.8. The highest BCUT2D eigenvalue weighted by molar-refractivity contribution is 6.02. The summed E-state index contributed by atoms with van der Waals surface area (Å²) >= 11 is 0. The van der Waals surface area contributed by atoms with Gasteiger partial charge in [0.1, 0.15) is 5.82 Å². The predicted octanol–water partition coefficient (Wildman–Crippen LogP) is 1.37. The number of hydrogen-bond donors (Lipinski definition) is 2. The number of nitrogens with zero attached hydrogens (tertiary/aromatic N) is 1. The molecule has 0 saturated heterocycles. The number of carbonyl (C=O) groups excluding carboxylic acids is 2. The Labute approximate surface area is 155 Å². The molecule has 1 aromatic carbocycles. The molecule has 2 rings (SSSR count). The predicted molar refractivity (Wildman–Crippen MR) is 97.6 cm³/mol. The van der Waals surface area contributed by atoms with Crippen LogP contribution in [0.3, 0.4) is 0 Å². The van der Waals surface area contributed by atoms with Crippen LogP contribution in [0.5, 0.6) is 11.5 Å². The molecule has 0 spiro atoms. The number of esters is 1. The molecule has 0 bridgehead atoms. The second kappa shape index (κ2) is 8.35. The Kier molecular flexibility index (Phi) is 6.17. The van der Waals surface area contributed by atoms with Crippen LogP contribution in [0.15, 0.2) is 16.9 Å². The highest BCUT2D eigenvalue weighted by atomic mass is 16.5. The second-order valence-corrected chi connectivity index (χ2v) is 5.68. The molecule has 0 aliphatic rings. The number of carbonyl (C=O) groups is 2. The summed E-state index contributed by atoms with van der Waals surface area (Å²) in [5.74, 6) is -0.0455. The zero-order chi connectivity index (χ0) is 20.1. The lowest BCUT2D eigenvalue weighted by atomic mass is 10.1. The van der Waals surface area contributed by atoms with Gasteiger partial charge >= 0.3 is 5.97 Å². The molecule has 0 fully saturated rings. The Bertz CT molecular complexity index is 935. The van der Waals surface area contributed by atoms with Gasteiger partial charge in [-0.15, -0.1) is 0 Å². The highest BCUT2D eigenvalue weighted by Crippen LogP contribution is 2.33. The van der Waals surface area contributed by atoms with Crippen LogP contribution in [-0.4, -0.2) is 43.2 Å². The quantitative estimate of drug-likeness (QED) is 0.732. The number of aromatic nitrogens is 2. The molecule has 0 unspecified atom stereocenters. The highest BCUT2D eigenvalue weighted by Gasteiger charge is 2.20. The van der Waals surface area contributed by atoms with Crippen molar-refractivity contribution in [3.05, 3.63) is 45.1 Å². The number of rotatable bonds is 6. The first-order chi connectivity index (χ1) is 12.8. The van der Waals surface area contributed by atoms with Gasteiger partial charge in [0.2, 0.25) is 5.91 Å². The van der Waals surface area contributed by atoms with Gasteiger partial charge in [0.15, 0.2) is 11.5 Å². The molecule has 0 atom stereocenters. The van der Waals surface area contributed by atoms with E-state index in [-0.39, 0.29) is 28.8 Å². The summed E-state index contributed by atoms with van der Waals surface area (Å²) in [6, 6.07) is 2.86. The second-order valence-electron chi connectivity index (χ2n) is 5.68. The van der Waals surface area contributed by atoms with Gasteiger partial charge in [0.25, 0.3) is 5.56 Å². The van der Waals surface area contributed by atoms with Crippen LogP contribution >= 0.6 is 0 Å². The smallest absolute Gasteiger partial charge is 0.340 e. The number of benzene rings is 1. The van der Waals surface area contributed by atoms with Crippen molar-refractivity contribution in [1.82, 2.24) is 9.97 Å². The minimum Gasteiger partial charge on any atom is -0.493 e. The molecule has 9 nitrogen and oxygen atoms in total. The molecular weight excluding hydrogens is 354 g/mol. The molecular formula is C18H21N3O6. The van der Waals surface area contributed by atoms with E-state index in [1.807, 2.05) is 0 Å². The van der Waals surface area contributed by atoms with Gasteiger partial charge in [-0.25, -0.2) is 9.78 Å². The topological polar surface area (TPSA) is 120 Å². The van der Waals surface area contributed by atoms with E-state index in [0.717, 1.165) is 0 Å². The van der Waals surface area contributed by atoms with E-state index in [9.17, 15) is 14.4 Å². The fraction of sp³-hybridized carbons (Fsp3) is 0.333. The first-order valence-corrected chi connectivity index (χ1v) is 8.01. The van der Waals surface area contributed by atoms with Crippen molar-refractivity contribution in [2.45, 2.75) is 20.3 Å². The van der Waals surface area contributed by atoms with Crippen LogP contribution in [0.2, 0.25) is 0 Å². The number of anilines is 1. The number of nitrogens with one attached hydrogen (secondary N) is 2. The molecule has 9 heteroatoms. The molecule has 27 heavy (non-hydrogen) atoms. The van der Waals surface area contributed by atoms with Crippen LogP contribution < -0.4 is 20.3 Å². The van der Waals surface area contributed by atoms with Gasteiger partial charge in [-0.2, -0.15) is 0 Å². The monoisotopic (exact) mass is 375 g/mol. The Morgan fingerprint density at radius 1 is 1.11 bits per heavy atom. The number of ether oxygens (including phenoxy) is 3. The van der Waals surface area contributed by atoms with Crippen LogP contribution in [0, 0.1) is 13.8 Å². The maximum absolute atomic E-state index is 12.5. The van der Waals surface area contributed by atoms with Crippen molar-refractivity contribution in [3.63, 3.8) is 0 Å². The minimum absolute atomic E-state index is 0.0937. The Morgan fingerprint density at radius 2 is 1.74 bits per heavy atom. The van der Waals surface area contributed by atoms with Gasteiger partial charge in [0.05, 0.1) is 39.0 Å². The third-order valence-electron chi connectivity index (χ3n) is 3.88. The molecule has 0 aliphatic carbocycles. The van der Waals surface area contributed by atoms with E-state index in [0.29, 0.717) is 23.0 Å². The summed E-state index contributed by atoms with van der Waals surface area (Å²) in [6.45, 7) is 3.31. The summed E-state index contributed by atoms with van der Waals surface area (Å²) in [4.78, 5) is 43.3. The molecule has 1 heterocycles. The van der Waals surface area contributed by atoms with Crippen molar-refractivity contribution in [1.29, 1.82) is 0 Å². The fourth-order valence-corrected chi connectivity index (χ4v) is 2.58. The average Bonchev–Trinajstić information content (AvgIpc) is 2.63. The average molecular weight is 375 g/mol. The van der Waals surface area contributed by atoms with Crippen LogP contribution in [0.1, 0.15) is 27.4 Å². The number of hydrogen-bond acceptors (Lipinski definition) is 7. The molecule has 0 radical (unpaired) electrons. The third-order valence-corrected chi connectivity index (χ3v) is 3.88. The van der Waals surface area contributed by atoms with E-state index < -0.39 is 11.9 Å². The molecule has 2 N–H and O–H groups in total. The largest absolute Gasteiger partial charge is 0.493 e. The zero-order valence-electron chi connectivity index (χ0n) is 15.8. The molecule has 2 aromatic rings. The summed E-state index contributed by atoms with van der Waals surface area (Å²) < 4.78 is 15.1. The third kappa shape index (κ3) is 4.43. The normalized spacial score (nSPS) is 10.3. The lowest BCUT2D eigenvalue weighted by Gasteiger charge is -2.14. The SMILES string of the molecule is COC(=O)c1cc(OC)c(OC)cc1NC(=O)Cc1c(C)nc(C)[nH]c1=O. The minimum atomic E-state index is -0.655. The van der Waals surface area contributed by atoms with Gasteiger partial charge in [-0.1, -0.05) is 0 Å². The summed E-state index contributed by atoms with van der Waals surface area (Å²) in [7, 11) is 4.09. The van der Waals surface area contributed by atoms with E-state index in [4.69, 9.17) is 14.2 Å². The maximum atomic E-state index is 12.5. The van der Waals surface area contributed by atoms with Crippen LogP contribution in [0.25, 0.3) is 0 Å². The molecule has 1 amide bonds. The first-order valence-electron chi connectivity index (χ1n) is 8.01. The van der Waals surface area contributed by atoms with E-state index >= 15 is 0 Å². The van der Waals surface area contributed by atoms with Gasteiger partial charge < -0.3 is 24.5 Å². The standard InChI is InChI=1S/C18H21N3O6/c1-9-11(17(23)20-10(2)19-9)7-16(22)21-13-8-15(26-4)14(25-3)6-12(13)18(24)27-5/h6,8H,7H2,1-5H3,(H,21,22)(H,19,20,23). The van der Waals surface area contributed by atoms with Crippen LogP contribution in [0.4, 0.5) is 5.69 Å². The summed E-state index contributed by atoms with van der Waals surface area (Å²) in [5.41, 5.74) is 0.607. The van der Waals surface area contributed by atoms with Gasteiger partial charge in [-0.05, 0) is 13.8 Å². The molecule has 1 aromatic heterocycles. The molecule has 0 aliphatic heterocycles. The Balaban J connectivity index is 2.37. The number of aryl methyl sites for hydroxylation is 2. The van der Waals surface area contributed by atoms with Gasteiger partial charge in [-0.3, -0.25) is 9.59 Å².